The predicted octanol–water partition coefficient (Wildman–Crippen LogP) is 4.43. The van der Waals surface area contributed by atoms with E-state index in [1.54, 1.807) is 42.6 Å². The summed E-state index contributed by atoms with van der Waals surface area (Å²) in [6.07, 6.45) is 8.35. The first-order valence-electron chi connectivity index (χ1n) is 10.4. The van der Waals surface area contributed by atoms with Crippen LogP contribution < -0.4 is 10.1 Å². The quantitative estimate of drug-likeness (QED) is 0.556. The molecule has 0 atom stereocenters. The molecule has 0 spiro atoms. The SMILES string of the molecule is O=S(=O)(c1ccccc1)n1ccc2c(OCCNCC3CCCCC3)cccc21. The Morgan fingerprint density at radius 2 is 1.76 bits per heavy atom. The van der Waals surface area contributed by atoms with Gasteiger partial charge in [0.25, 0.3) is 10.0 Å². The molecule has 1 aliphatic rings. The molecule has 0 amide bonds. The van der Waals surface area contributed by atoms with Crippen LogP contribution in [0.1, 0.15) is 32.1 Å². The Morgan fingerprint density at radius 1 is 0.966 bits per heavy atom. The fourth-order valence-corrected chi connectivity index (χ4v) is 5.45. The largest absolute Gasteiger partial charge is 0.492 e. The third-order valence-electron chi connectivity index (χ3n) is 5.65. The Kier molecular flexibility index (Phi) is 6.21. The lowest BCUT2D eigenvalue weighted by atomic mass is 9.89. The fraction of sp³-hybridized carbons (Fsp3) is 0.391. The van der Waals surface area contributed by atoms with E-state index in [0.29, 0.717) is 17.9 Å². The molecule has 1 fully saturated rings. The van der Waals surface area contributed by atoms with E-state index in [1.807, 2.05) is 18.2 Å². The Hall–Kier alpha value is -2.31. The maximum Gasteiger partial charge on any atom is 0.268 e. The summed E-state index contributed by atoms with van der Waals surface area (Å²) in [5.41, 5.74) is 0.626. The van der Waals surface area contributed by atoms with E-state index in [0.717, 1.165) is 24.4 Å². The van der Waals surface area contributed by atoms with Crippen molar-refractivity contribution in [1.29, 1.82) is 0 Å². The molecular formula is C23H28N2O3S. The molecule has 0 aliphatic heterocycles. The molecular weight excluding hydrogens is 384 g/mol. The summed E-state index contributed by atoms with van der Waals surface area (Å²) in [7, 11) is -3.63. The molecule has 1 saturated carbocycles. The van der Waals surface area contributed by atoms with Crippen molar-refractivity contribution in [2.24, 2.45) is 5.92 Å². The highest BCUT2D eigenvalue weighted by molar-refractivity contribution is 7.90. The van der Waals surface area contributed by atoms with E-state index in [1.165, 1.54) is 36.1 Å². The number of benzene rings is 2. The molecule has 154 valence electrons. The van der Waals surface area contributed by atoms with Gasteiger partial charge >= 0.3 is 0 Å². The second-order valence-corrected chi connectivity index (χ2v) is 9.49. The molecule has 5 nitrogen and oxygen atoms in total. The van der Waals surface area contributed by atoms with Crippen LogP contribution in [0.3, 0.4) is 0 Å². The van der Waals surface area contributed by atoms with Gasteiger partial charge in [-0.25, -0.2) is 12.4 Å². The molecule has 0 radical (unpaired) electrons. The molecule has 1 aliphatic carbocycles. The maximum absolute atomic E-state index is 13.0. The van der Waals surface area contributed by atoms with Crippen molar-refractivity contribution in [3.05, 3.63) is 60.8 Å². The minimum absolute atomic E-state index is 0.274. The first-order valence-corrected chi connectivity index (χ1v) is 11.8. The van der Waals surface area contributed by atoms with Gasteiger partial charge in [-0.2, -0.15) is 0 Å². The molecule has 0 unspecified atom stereocenters. The summed E-state index contributed by atoms with van der Waals surface area (Å²) in [6.45, 7) is 2.40. The third-order valence-corrected chi connectivity index (χ3v) is 7.36. The number of fused-ring (bicyclic) bond motifs is 1. The summed E-state index contributed by atoms with van der Waals surface area (Å²) in [4.78, 5) is 0.274. The summed E-state index contributed by atoms with van der Waals surface area (Å²) < 4.78 is 33.3. The van der Waals surface area contributed by atoms with E-state index in [4.69, 9.17) is 4.74 Å². The molecule has 3 aromatic rings. The van der Waals surface area contributed by atoms with Crippen LogP contribution in [0.5, 0.6) is 5.75 Å². The molecule has 4 rings (SSSR count). The number of nitrogens with zero attached hydrogens (tertiary/aromatic N) is 1. The Labute approximate surface area is 172 Å². The fourth-order valence-electron chi connectivity index (χ4n) is 4.09. The van der Waals surface area contributed by atoms with Crippen LogP contribution in [0, 0.1) is 5.92 Å². The van der Waals surface area contributed by atoms with Gasteiger partial charge in [0.2, 0.25) is 0 Å². The van der Waals surface area contributed by atoms with Gasteiger partial charge < -0.3 is 10.1 Å². The number of nitrogens with one attached hydrogen (secondary N) is 1. The van der Waals surface area contributed by atoms with Gasteiger partial charge in [0, 0.05) is 18.1 Å². The second kappa shape index (κ2) is 9.01. The van der Waals surface area contributed by atoms with Gasteiger partial charge in [0.1, 0.15) is 12.4 Å². The molecule has 29 heavy (non-hydrogen) atoms. The van der Waals surface area contributed by atoms with Gasteiger partial charge in [-0.3, -0.25) is 0 Å². The van der Waals surface area contributed by atoms with Gasteiger partial charge in [-0.15, -0.1) is 0 Å². The standard InChI is InChI=1S/C23H28N2O3S/c26-29(27,20-10-5-2-6-11-20)25-16-14-21-22(25)12-7-13-23(21)28-17-15-24-18-19-8-3-1-4-9-19/h2,5-7,10-14,16,19,24H,1,3-4,8-9,15,17-18H2. The zero-order chi connectivity index (χ0) is 20.1. The zero-order valence-electron chi connectivity index (χ0n) is 16.6. The highest BCUT2D eigenvalue weighted by Crippen LogP contribution is 2.29. The van der Waals surface area contributed by atoms with Crippen molar-refractivity contribution in [2.75, 3.05) is 19.7 Å². The van der Waals surface area contributed by atoms with Crippen molar-refractivity contribution in [3.63, 3.8) is 0 Å². The second-order valence-electron chi connectivity index (χ2n) is 7.68. The normalized spacial score (nSPS) is 15.6. The molecule has 0 bridgehead atoms. The van der Waals surface area contributed by atoms with Crippen molar-refractivity contribution in [3.8, 4) is 5.75 Å². The van der Waals surface area contributed by atoms with Gasteiger partial charge in [-0.05, 0) is 55.6 Å². The van der Waals surface area contributed by atoms with Crippen LogP contribution in [0.4, 0.5) is 0 Å². The lowest BCUT2D eigenvalue weighted by Gasteiger charge is -2.21. The Balaban J connectivity index is 1.42. The Morgan fingerprint density at radius 3 is 2.55 bits per heavy atom. The van der Waals surface area contributed by atoms with Crippen molar-refractivity contribution >= 4 is 20.9 Å². The van der Waals surface area contributed by atoms with Crippen LogP contribution in [0.2, 0.25) is 0 Å². The van der Waals surface area contributed by atoms with E-state index < -0.39 is 10.0 Å². The molecule has 1 N–H and O–H groups in total. The van der Waals surface area contributed by atoms with E-state index in [9.17, 15) is 8.42 Å². The smallest absolute Gasteiger partial charge is 0.268 e. The number of aromatic nitrogens is 1. The van der Waals surface area contributed by atoms with Crippen molar-refractivity contribution in [1.82, 2.24) is 9.29 Å². The van der Waals surface area contributed by atoms with Crippen LogP contribution >= 0.6 is 0 Å². The average Bonchev–Trinajstić information content (AvgIpc) is 3.21. The third kappa shape index (κ3) is 4.49. The summed E-state index contributed by atoms with van der Waals surface area (Å²) in [6, 6.07) is 15.8. The molecule has 2 aromatic carbocycles. The zero-order valence-corrected chi connectivity index (χ0v) is 17.4. The average molecular weight is 413 g/mol. The van der Waals surface area contributed by atoms with Crippen LogP contribution in [0.15, 0.2) is 65.7 Å². The number of ether oxygens (including phenoxy) is 1. The van der Waals surface area contributed by atoms with Gasteiger partial charge in [0.05, 0.1) is 10.4 Å². The first kappa shape index (κ1) is 20.0. The molecule has 1 heterocycles. The van der Waals surface area contributed by atoms with Crippen LogP contribution in [-0.2, 0) is 10.0 Å². The highest BCUT2D eigenvalue weighted by Gasteiger charge is 2.19. The lowest BCUT2D eigenvalue weighted by Crippen LogP contribution is -2.28. The molecule has 1 aromatic heterocycles. The predicted molar refractivity (Wildman–Crippen MR) is 116 cm³/mol. The number of rotatable bonds is 8. The lowest BCUT2D eigenvalue weighted by molar-refractivity contribution is 0.297. The van der Waals surface area contributed by atoms with Crippen LogP contribution in [-0.4, -0.2) is 32.1 Å². The number of hydrogen-bond acceptors (Lipinski definition) is 4. The summed E-state index contributed by atoms with van der Waals surface area (Å²) >= 11 is 0. The Bertz CT molecular complexity index is 1040. The number of hydrogen-bond donors (Lipinski definition) is 1. The van der Waals surface area contributed by atoms with E-state index in [2.05, 4.69) is 5.32 Å². The first-order chi connectivity index (χ1) is 14.2. The minimum atomic E-state index is -3.63. The van der Waals surface area contributed by atoms with Gasteiger partial charge in [-0.1, -0.05) is 43.5 Å². The highest BCUT2D eigenvalue weighted by atomic mass is 32.2. The monoisotopic (exact) mass is 412 g/mol. The summed E-state index contributed by atoms with van der Waals surface area (Å²) in [5.74, 6) is 1.51. The molecule has 6 heteroatoms. The minimum Gasteiger partial charge on any atom is -0.492 e. The maximum atomic E-state index is 13.0. The van der Waals surface area contributed by atoms with Crippen molar-refractivity contribution in [2.45, 2.75) is 37.0 Å². The molecule has 0 saturated heterocycles. The van der Waals surface area contributed by atoms with Crippen LogP contribution in [0.25, 0.3) is 10.9 Å². The van der Waals surface area contributed by atoms with E-state index >= 15 is 0 Å². The topological polar surface area (TPSA) is 60.3 Å². The summed E-state index contributed by atoms with van der Waals surface area (Å²) in [5, 5.41) is 4.30. The van der Waals surface area contributed by atoms with Crippen molar-refractivity contribution < 1.29 is 13.2 Å². The van der Waals surface area contributed by atoms with E-state index in [-0.39, 0.29) is 4.90 Å². The van der Waals surface area contributed by atoms with Gasteiger partial charge in [0.15, 0.2) is 0 Å².